The molecule has 1 unspecified atom stereocenters. The van der Waals surface area contributed by atoms with E-state index in [1.165, 1.54) is 0 Å². The van der Waals surface area contributed by atoms with E-state index in [0.29, 0.717) is 12.1 Å². The van der Waals surface area contributed by atoms with Crippen LogP contribution < -0.4 is 0 Å². The van der Waals surface area contributed by atoms with E-state index in [1.807, 2.05) is 25.1 Å². The molecule has 0 bridgehead atoms. The molecule has 0 aromatic heterocycles. The largest absolute Gasteiger partial charge is 0.340 e. The average Bonchev–Trinajstić information content (AvgIpc) is 2.19. The number of halogens is 3. The zero-order valence-electron chi connectivity index (χ0n) is 9.01. The highest BCUT2D eigenvalue weighted by molar-refractivity contribution is 14.1. The van der Waals surface area contributed by atoms with Gasteiger partial charge in [-0.05, 0) is 47.7 Å². The van der Waals surface area contributed by atoms with Gasteiger partial charge in [-0.3, -0.25) is 4.79 Å². The van der Waals surface area contributed by atoms with Crippen molar-refractivity contribution in [3.8, 4) is 0 Å². The Bertz CT molecular complexity index is 398. The molecule has 88 valence electrons. The predicted octanol–water partition coefficient (Wildman–Crippen LogP) is 3.75. The van der Waals surface area contributed by atoms with Crippen LogP contribution in [0.15, 0.2) is 22.7 Å². The van der Waals surface area contributed by atoms with Crippen LogP contribution in [0.1, 0.15) is 17.3 Å². The Morgan fingerprint density at radius 1 is 1.62 bits per heavy atom. The molecule has 0 aliphatic heterocycles. The van der Waals surface area contributed by atoms with Gasteiger partial charge in [-0.2, -0.15) is 0 Å². The van der Waals surface area contributed by atoms with Crippen LogP contribution in [-0.2, 0) is 0 Å². The van der Waals surface area contributed by atoms with Crippen LogP contribution in [0.4, 0.5) is 0 Å². The van der Waals surface area contributed by atoms with E-state index < -0.39 is 0 Å². The minimum absolute atomic E-state index is 0.00167. The summed E-state index contributed by atoms with van der Waals surface area (Å²) in [4.78, 5) is 13.7. The van der Waals surface area contributed by atoms with Crippen LogP contribution in [0.2, 0.25) is 0 Å². The molecule has 1 rings (SSSR count). The first-order valence-corrected chi connectivity index (χ1v) is 7.07. The third-order valence-electron chi connectivity index (χ3n) is 2.03. The molecule has 1 atom stereocenters. The Labute approximate surface area is 123 Å². The summed E-state index contributed by atoms with van der Waals surface area (Å²) in [5.74, 6) is -0.00167. The molecule has 1 aromatic carbocycles. The van der Waals surface area contributed by atoms with Gasteiger partial charge in [0.15, 0.2) is 0 Å². The van der Waals surface area contributed by atoms with Crippen LogP contribution in [0.25, 0.3) is 0 Å². The van der Waals surface area contributed by atoms with Gasteiger partial charge in [-0.25, -0.2) is 0 Å². The van der Waals surface area contributed by atoms with Gasteiger partial charge in [0.25, 0.3) is 5.91 Å². The molecular weight excluding hydrogens is 404 g/mol. The first-order valence-electron chi connectivity index (χ1n) is 4.76. The molecule has 1 amide bonds. The molecule has 0 aliphatic rings. The smallest absolute Gasteiger partial charge is 0.254 e. The lowest BCUT2D eigenvalue weighted by Gasteiger charge is -2.19. The Kier molecular flexibility index (Phi) is 5.53. The van der Waals surface area contributed by atoms with Crippen molar-refractivity contribution in [2.45, 2.75) is 12.3 Å². The molecular formula is C11H12BrClINO. The molecule has 0 saturated carbocycles. The third kappa shape index (κ3) is 3.89. The van der Waals surface area contributed by atoms with Crippen molar-refractivity contribution in [2.24, 2.45) is 0 Å². The van der Waals surface area contributed by atoms with Gasteiger partial charge in [-0.1, -0.05) is 15.9 Å². The molecule has 2 nitrogen and oxygen atoms in total. The lowest BCUT2D eigenvalue weighted by molar-refractivity contribution is 0.0795. The van der Waals surface area contributed by atoms with E-state index in [1.54, 1.807) is 11.9 Å². The van der Waals surface area contributed by atoms with Crippen LogP contribution in [0.5, 0.6) is 0 Å². The minimum atomic E-state index is -0.0428. The number of alkyl halides is 1. The van der Waals surface area contributed by atoms with Crippen molar-refractivity contribution >= 4 is 56.0 Å². The molecule has 0 saturated heterocycles. The van der Waals surface area contributed by atoms with Crippen LogP contribution in [0, 0.1) is 3.57 Å². The van der Waals surface area contributed by atoms with Gasteiger partial charge in [0, 0.05) is 27.0 Å². The van der Waals surface area contributed by atoms with E-state index in [2.05, 4.69) is 38.5 Å². The maximum absolute atomic E-state index is 12.1. The second kappa shape index (κ2) is 6.21. The summed E-state index contributed by atoms with van der Waals surface area (Å²) in [6.07, 6.45) is 0. The van der Waals surface area contributed by atoms with Gasteiger partial charge < -0.3 is 4.90 Å². The van der Waals surface area contributed by atoms with Gasteiger partial charge >= 0.3 is 0 Å². The first-order chi connectivity index (χ1) is 7.41. The maximum atomic E-state index is 12.1. The Balaban J connectivity index is 2.91. The molecule has 0 N–H and O–H groups in total. The number of carbonyl (C=O) groups is 1. The number of hydrogen-bond acceptors (Lipinski definition) is 1. The van der Waals surface area contributed by atoms with Crippen LogP contribution >= 0.6 is 50.1 Å². The van der Waals surface area contributed by atoms with Crippen molar-refractivity contribution < 1.29 is 4.79 Å². The van der Waals surface area contributed by atoms with Crippen molar-refractivity contribution in [2.75, 3.05) is 13.6 Å². The number of benzene rings is 1. The Morgan fingerprint density at radius 3 is 2.81 bits per heavy atom. The SMILES string of the molecule is CC(Cl)CN(C)C(=O)c1cc(Br)ccc1I. The fraction of sp³-hybridized carbons (Fsp3) is 0.364. The molecule has 16 heavy (non-hydrogen) atoms. The second-order valence-electron chi connectivity index (χ2n) is 3.59. The molecule has 0 fully saturated rings. The quantitative estimate of drug-likeness (QED) is 0.543. The Hall–Kier alpha value is 0.190. The van der Waals surface area contributed by atoms with E-state index in [4.69, 9.17) is 11.6 Å². The normalized spacial score (nSPS) is 12.3. The maximum Gasteiger partial charge on any atom is 0.254 e. The summed E-state index contributed by atoms with van der Waals surface area (Å²) < 4.78 is 1.85. The lowest BCUT2D eigenvalue weighted by atomic mass is 10.2. The number of carbonyl (C=O) groups excluding carboxylic acids is 1. The van der Waals surface area contributed by atoms with Gasteiger partial charge in [0.05, 0.1) is 5.56 Å². The van der Waals surface area contributed by atoms with E-state index in [-0.39, 0.29) is 11.3 Å². The average molecular weight is 416 g/mol. The topological polar surface area (TPSA) is 20.3 Å². The fourth-order valence-corrected chi connectivity index (χ4v) is 2.46. The van der Waals surface area contributed by atoms with Crippen molar-refractivity contribution in [1.29, 1.82) is 0 Å². The van der Waals surface area contributed by atoms with Crippen molar-refractivity contribution in [3.05, 3.63) is 31.8 Å². The highest BCUT2D eigenvalue weighted by Gasteiger charge is 2.16. The minimum Gasteiger partial charge on any atom is -0.340 e. The molecule has 0 spiro atoms. The lowest BCUT2D eigenvalue weighted by Crippen LogP contribution is -2.31. The van der Waals surface area contributed by atoms with Crippen LogP contribution in [0.3, 0.4) is 0 Å². The molecule has 0 radical (unpaired) electrons. The molecule has 1 aromatic rings. The van der Waals surface area contributed by atoms with E-state index >= 15 is 0 Å². The molecule has 0 aliphatic carbocycles. The number of nitrogens with zero attached hydrogens (tertiary/aromatic N) is 1. The third-order valence-corrected chi connectivity index (χ3v) is 3.60. The highest BCUT2D eigenvalue weighted by atomic mass is 127. The molecule has 5 heteroatoms. The van der Waals surface area contributed by atoms with Gasteiger partial charge in [0.1, 0.15) is 0 Å². The van der Waals surface area contributed by atoms with Crippen molar-refractivity contribution in [1.82, 2.24) is 4.90 Å². The summed E-state index contributed by atoms with van der Waals surface area (Å²) in [5, 5.41) is -0.0428. The summed E-state index contributed by atoms with van der Waals surface area (Å²) in [6.45, 7) is 2.42. The summed E-state index contributed by atoms with van der Waals surface area (Å²) in [7, 11) is 1.76. The summed E-state index contributed by atoms with van der Waals surface area (Å²) in [6, 6.07) is 5.66. The summed E-state index contributed by atoms with van der Waals surface area (Å²) in [5.41, 5.74) is 0.704. The summed E-state index contributed by atoms with van der Waals surface area (Å²) >= 11 is 11.4. The van der Waals surface area contributed by atoms with Gasteiger partial charge in [0.2, 0.25) is 0 Å². The second-order valence-corrected chi connectivity index (χ2v) is 6.41. The highest BCUT2D eigenvalue weighted by Crippen LogP contribution is 2.19. The van der Waals surface area contributed by atoms with Gasteiger partial charge in [-0.15, -0.1) is 11.6 Å². The van der Waals surface area contributed by atoms with Crippen LogP contribution in [-0.4, -0.2) is 29.8 Å². The zero-order valence-corrected chi connectivity index (χ0v) is 13.5. The first kappa shape index (κ1) is 14.3. The standard InChI is InChI=1S/C11H12BrClINO/c1-7(13)6-15(2)11(16)9-5-8(12)3-4-10(9)14/h3-5,7H,6H2,1-2H3. The van der Waals surface area contributed by atoms with Crippen molar-refractivity contribution in [3.63, 3.8) is 0 Å². The number of amides is 1. The zero-order chi connectivity index (χ0) is 12.3. The fourth-order valence-electron chi connectivity index (χ4n) is 1.33. The number of hydrogen-bond donors (Lipinski definition) is 0. The number of rotatable bonds is 3. The monoisotopic (exact) mass is 415 g/mol. The van der Waals surface area contributed by atoms with E-state index in [0.717, 1.165) is 8.04 Å². The predicted molar refractivity (Wildman–Crippen MR) is 79.1 cm³/mol. The molecule has 0 heterocycles. The Morgan fingerprint density at radius 2 is 2.25 bits per heavy atom. The van der Waals surface area contributed by atoms with E-state index in [9.17, 15) is 4.79 Å².